The minimum Gasteiger partial charge on any atom is -0.469 e. The molecule has 0 atom stereocenters. The fourth-order valence-electron chi connectivity index (χ4n) is 1.34. The minimum absolute atomic E-state index is 0.149. The lowest BCUT2D eigenvalue weighted by Gasteiger charge is -2.04. The van der Waals surface area contributed by atoms with Crippen molar-refractivity contribution in [1.29, 1.82) is 0 Å². The Hall–Kier alpha value is -0.870. The summed E-state index contributed by atoms with van der Waals surface area (Å²) >= 11 is 3.42. The van der Waals surface area contributed by atoms with Crippen LogP contribution in [-0.2, 0) is 16.1 Å². The van der Waals surface area contributed by atoms with Crippen LogP contribution in [-0.4, -0.2) is 19.6 Å². The van der Waals surface area contributed by atoms with Gasteiger partial charge in [-0.05, 0) is 30.7 Å². The van der Waals surface area contributed by atoms with Gasteiger partial charge in [-0.25, -0.2) is 0 Å². The van der Waals surface area contributed by atoms with Crippen molar-refractivity contribution in [3.05, 3.63) is 34.3 Å². The van der Waals surface area contributed by atoms with Gasteiger partial charge in [-0.1, -0.05) is 28.1 Å². The first-order valence-corrected chi connectivity index (χ1v) is 6.03. The number of carbonyl (C=O) groups excluding carboxylic acids is 1. The third-order valence-corrected chi connectivity index (χ3v) is 2.67. The summed E-state index contributed by atoms with van der Waals surface area (Å²) in [5.74, 6) is -0.149. The molecule has 4 heteroatoms. The van der Waals surface area contributed by atoms with Crippen LogP contribution in [0.25, 0.3) is 0 Å². The quantitative estimate of drug-likeness (QED) is 0.645. The van der Waals surface area contributed by atoms with Crippen LogP contribution in [0, 0.1) is 0 Å². The van der Waals surface area contributed by atoms with Gasteiger partial charge in [0.2, 0.25) is 0 Å². The van der Waals surface area contributed by atoms with Crippen molar-refractivity contribution in [2.45, 2.75) is 19.4 Å². The van der Waals surface area contributed by atoms with E-state index in [0.717, 1.165) is 24.0 Å². The molecule has 0 heterocycles. The molecule has 0 spiro atoms. The fraction of sp³-hybridized carbons (Fsp3) is 0.417. The maximum atomic E-state index is 10.8. The lowest BCUT2D eigenvalue weighted by Crippen LogP contribution is -2.16. The van der Waals surface area contributed by atoms with E-state index in [2.05, 4.69) is 38.1 Å². The first kappa shape index (κ1) is 13.2. The molecule has 0 saturated carbocycles. The lowest BCUT2D eigenvalue weighted by atomic mass is 10.2. The summed E-state index contributed by atoms with van der Waals surface area (Å²) in [5, 5.41) is 3.28. The third-order valence-electron chi connectivity index (χ3n) is 2.18. The summed E-state index contributed by atoms with van der Waals surface area (Å²) < 4.78 is 5.64. The molecule has 1 aromatic carbocycles. The van der Waals surface area contributed by atoms with Crippen molar-refractivity contribution in [1.82, 2.24) is 5.32 Å². The summed E-state index contributed by atoms with van der Waals surface area (Å²) in [7, 11) is 1.41. The van der Waals surface area contributed by atoms with Gasteiger partial charge in [0.15, 0.2) is 0 Å². The van der Waals surface area contributed by atoms with Crippen molar-refractivity contribution in [2.24, 2.45) is 0 Å². The molecule has 1 aromatic rings. The molecule has 0 aliphatic carbocycles. The highest BCUT2D eigenvalue weighted by atomic mass is 79.9. The predicted molar refractivity (Wildman–Crippen MR) is 67.1 cm³/mol. The predicted octanol–water partition coefficient (Wildman–Crippen LogP) is 2.49. The van der Waals surface area contributed by atoms with Crippen LogP contribution in [0.15, 0.2) is 28.7 Å². The van der Waals surface area contributed by atoms with Crippen LogP contribution < -0.4 is 5.32 Å². The van der Waals surface area contributed by atoms with Gasteiger partial charge in [-0.2, -0.15) is 0 Å². The largest absolute Gasteiger partial charge is 0.469 e. The topological polar surface area (TPSA) is 38.3 Å². The molecule has 0 radical (unpaired) electrons. The van der Waals surface area contributed by atoms with E-state index in [1.54, 1.807) is 0 Å². The monoisotopic (exact) mass is 285 g/mol. The second-order valence-electron chi connectivity index (χ2n) is 3.49. The molecule has 1 N–H and O–H groups in total. The molecular formula is C12H16BrNO2. The van der Waals surface area contributed by atoms with E-state index >= 15 is 0 Å². The van der Waals surface area contributed by atoms with Gasteiger partial charge in [0.05, 0.1) is 7.11 Å². The van der Waals surface area contributed by atoms with E-state index in [1.807, 2.05) is 12.1 Å². The Labute approximate surface area is 104 Å². The molecular weight excluding hydrogens is 270 g/mol. The zero-order valence-electron chi connectivity index (χ0n) is 9.33. The van der Waals surface area contributed by atoms with Crippen molar-refractivity contribution in [3.8, 4) is 0 Å². The summed E-state index contributed by atoms with van der Waals surface area (Å²) in [6.07, 6.45) is 1.28. The number of ether oxygens (including phenoxy) is 1. The Balaban J connectivity index is 2.14. The van der Waals surface area contributed by atoms with Crippen LogP contribution in [0.5, 0.6) is 0 Å². The second kappa shape index (κ2) is 7.41. The molecule has 0 bridgehead atoms. The van der Waals surface area contributed by atoms with Crippen molar-refractivity contribution in [2.75, 3.05) is 13.7 Å². The highest BCUT2D eigenvalue weighted by Crippen LogP contribution is 2.11. The van der Waals surface area contributed by atoms with Gasteiger partial charge in [-0.3, -0.25) is 4.79 Å². The van der Waals surface area contributed by atoms with Crippen molar-refractivity contribution in [3.63, 3.8) is 0 Å². The number of carbonyl (C=O) groups is 1. The maximum absolute atomic E-state index is 10.8. The number of methoxy groups -OCH3 is 1. The average Bonchev–Trinajstić information content (AvgIpc) is 2.28. The highest BCUT2D eigenvalue weighted by Gasteiger charge is 1.99. The molecule has 0 aromatic heterocycles. The smallest absolute Gasteiger partial charge is 0.305 e. The van der Waals surface area contributed by atoms with Gasteiger partial charge in [0, 0.05) is 17.4 Å². The Kier molecular flexibility index (Phi) is 6.11. The highest BCUT2D eigenvalue weighted by molar-refractivity contribution is 9.10. The molecule has 1 rings (SSSR count). The standard InChI is InChI=1S/C12H16BrNO2/c1-16-12(15)6-3-7-14-9-10-4-2-5-11(13)8-10/h2,4-5,8,14H,3,6-7,9H2,1H3. The first-order chi connectivity index (χ1) is 7.72. The van der Waals surface area contributed by atoms with E-state index in [1.165, 1.54) is 12.7 Å². The second-order valence-corrected chi connectivity index (χ2v) is 4.40. The molecule has 3 nitrogen and oxygen atoms in total. The fourth-order valence-corrected chi connectivity index (χ4v) is 1.79. The Morgan fingerprint density at radius 2 is 2.31 bits per heavy atom. The molecule has 0 aliphatic heterocycles. The van der Waals surface area contributed by atoms with Gasteiger partial charge < -0.3 is 10.1 Å². The summed E-state index contributed by atoms with van der Waals surface area (Å²) in [5.41, 5.74) is 1.23. The van der Waals surface area contributed by atoms with E-state index in [0.29, 0.717) is 6.42 Å². The molecule has 16 heavy (non-hydrogen) atoms. The van der Waals surface area contributed by atoms with Crippen LogP contribution in [0.2, 0.25) is 0 Å². The van der Waals surface area contributed by atoms with E-state index in [9.17, 15) is 4.79 Å². The third kappa shape index (κ3) is 5.28. The zero-order valence-corrected chi connectivity index (χ0v) is 10.9. The summed E-state index contributed by atoms with van der Waals surface area (Å²) in [6, 6.07) is 8.15. The lowest BCUT2D eigenvalue weighted by molar-refractivity contribution is -0.140. The first-order valence-electron chi connectivity index (χ1n) is 5.24. The summed E-state index contributed by atoms with van der Waals surface area (Å²) in [6.45, 7) is 1.64. The number of halogens is 1. The number of hydrogen-bond acceptors (Lipinski definition) is 3. The molecule has 88 valence electrons. The normalized spacial score (nSPS) is 10.1. The number of benzene rings is 1. The summed E-state index contributed by atoms with van der Waals surface area (Å²) in [4.78, 5) is 10.8. The number of rotatable bonds is 6. The number of esters is 1. The molecule has 0 fully saturated rings. The van der Waals surface area contributed by atoms with Gasteiger partial charge in [0.25, 0.3) is 0 Å². The van der Waals surface area contributed by atoms with Gasteiger partial charge in [-0.15, -0.1) is 0 Å². The van der Waals surface area contributed by atoms with Gasteiger partial charge in [0.1, 0.15) is 0 Å². The van der Waals surface area contributed by atoms with Crippen molar-refractivity contribution < 1.29 is 9.53 Å². The van der Waals surface area contributed by atoms with Crippen LogP contribution in [0.3, 0.4) is 0 Å². The average molecular weight is 286 g/mol. The van der Waals surface area contributed by atoms with Gasteiger partial charge >= 0.3 is 5.97 Å². The minimum atomic E-state index is -0.149. The number of nitrogens with one attached hydrogen (secondary N) is 1. The van der Waals surface area contributed by atoms with Crippen molar-refractivity contribution >= 4 is 21.9 Å². The molecule has 0 saturated heterocycles. The maximum Gasteiger partial charge on any atom is 0.305 e. The Morgan fingerprint density at radius 3 is 3.00 bits per heavy atom. The van der Waals surface area contributed by atoms with Crippen LogP contribution in [0.4, 0.5) is 0 Å². The van der Waals surface area contributed by atoms with E-state index in [4.69, 9.17) is 0 Å². The molecule has 0 unspecified atom stereocenters. The van der Waals surface area contributed by atoms with E-state index < -0.39 is 0 Å². The Bertz CT molecular complexity index is 342. The number of hydrogen-bond donors (Lipinski definition) is 1. The molecule has 0 amide bonds. The SMILES string of the molecule is COC(=O)CCCNCc1cccc(Br)c1. The van der Waals surface area contributed by atoms with Crippen LogP contribution >= 0.6 is 15.9 Å². The van der Waals surface area contributed by atoms with E-state index in [-0.39, 0.29) is 5.97 Å². The molecule has 0 aliphatic rings. The van der Waals surface area contributed by atoms with Crippen LogP contribution in [0.1, 0.15) is 18.4 Å². The zero-order chi connectivity index (χ0) is 11.8. The Morgan fingerprint density at radius 1 is 1.50 bits per heavy atom.